The predicted octanol–water partition coefficient (Wildman–Crippen LogP) is 3.25. The molecule has 0 radical (unpaired) electrons. The van der Waals surface area contributed by atoms with Gasteiger partial charge >= 0.3 is 0 Å². The summed E-state index contributed by atoms with van der Waals surface area (Å²) in [5, 5.41) is 14.2. The van der Waals surface area contributed by atoms with Gasteiger partial charge < -0.3 is 15.0 Å². The van der Waals surface area contributed by atoms with Crippen LogP contribution in [0.3, 0.4) is 0 Å². The van der Waals surface area contributed by atoms with Crippen LogP contribution in [0.15, 0.2) is 30.5 Å². The maximum Gasteiger partial charge on any atom is 0.212 e. The third-order valence-electron chi connectivity index (χ3n) is 4.03. The minimum absolute atomic E-state index is 0.486. The number of carbonyl (C=O) groups is 1. The van der Waals surface area contributed by atoms with Crippen molar-refractivity contribution in [2.24, 2.45) is 0 Å². The van der Waals surface area contributed by atoms with Gasteiger partial charge in [-0.2, -0.15) is 15.4 Å². The van der Waals surface area contributed by atoms with Crippen molar-refractivity contribution in [3.8, 4) is 16.9 Å². The van der Waals surface area contributed by atoms with E-state index >= 15 is 0 Å². The fourth-order valence-electron chi connectivity index (χ4n) is 2.62. The van der Waals surface area contributed by atoms with E-state index in [1.807, 2.05) is 24.4 Å². The lowest BCUT2D eigenvalue weighted by atomic mass is 10.0. The highest BCUT2D eigenvalue weighted by molar-refractivity contribution is 5.98. The van der Waals surface area contributed by atoms with Crippen molar-refractivity contribution in [2.45, 2.75) is 19.3 Å². The summed E-state index contributed by atoms with van der Waals surface area (Å²) < 4.78 is 5.48. The molecule has 1 saturated carbocycles. The number of ether oxygens (including phenoxy) is 1. The number of nitrogens with zero attached hydrogens (tertiary/aromatic N) is 3. The molecule has 0 unspecified atom stereocenters. The number of benzene rings is 1. The van der Waals surface area contributed by atoms with Crippen LogP contribution in [0.2, 0.25) is 0 Å². The number of carbonyl (C=O) groups excluding carboxylic acids is 1. The number of aromatic nitrogens is 5. The molecule has 132 valence electrons. The Hall–Kier alpha value is -3.42. The second-order valence-corrected chi connectivity index (χ2v) is 5.98. The van der Waals surface area contributed by atoms with Gasteiger partial charge in [-0.3, -0.25) is 4.79 Å². The molecular formula is C18H18N6O2. The second-order valence-electron chi connectivity index (χ2n) is 5.98. The van der Waals surface area contributed by atoms with E-state index in [1.54, 1.807) is 13.2 Å². The summed E-state index contributed by atoms with van der Waals surface area (Å²) in [6, 6.07) is 7.39. The fourth-order valence-corrected chi connectivity index (χ4v) is 2.62. The van der Waals surface area contributed by atoms with Gasteiger partial charge in [-0.05, 0) is 18.2 Å². The summed E-state index contributed by atoms with van der Waals surface area (Å²) >= 11 is 0. The molecule has 1 amide bonds. The number of H-pyrrole nitrogens is 2. The Morgan fingerprint density at radius 1 is 1.12 bits per heavy atom. The predicted molar refractivity (Wildman–Crippen MR) is 99.1 cm³/mol. The largest absolute Gasteiger partial charge is 0.496 e. The molecular weight excluding hydrogens is 332 g/mol. The Balaban J connectivity index is 0.000000510. The van der Waals surface area contributed by atoms with Gasteiger partial charge in [0.1, 0.15) is 28.2 Å². The molecule has 3 heterocycles. The molecule has 4 aromatic rings. The van der Waals surface area contributed by atoms with Crippen LogP contribution in [0.1, 0.15) is 19.3 Å². The molecule has 3 aromatic heterocycles. The summed E-state index contributed by atoms with van der Waals surface area (Å²) in [5.74, 6) is 1.18. The van der Waals surface area contributed by atoms with Gasteiger partial charge in [0, 0.05) is 28.8 Å². The highest BCUT2D eigenvalue weighted by atomic mass is 16.5. The van der Waals surface area contributed by atoms with Gasteiger partial charge in [-0.1, -0.05) is 19.3 Å². The number of fused-ring (bicyclic) bond motifs is 2. The van der Waals surface area contributed by atoms with Crippen LogP contribution in [0.4, 0.5) is 5.82 Å². The fraction of sp³-hybridized carbons (Fsp3) is 0.222. The average Bonchev–Trinajstić information content (AvgIpc) is 3.38. The van der Waals surface area contributed by atoms with Crippen LogP contribution in [-0.4, -0.2) is 38.9 Å². The van der Waals surface area contributed by atoms with E-state index in [2.05, 4.69) is 30.7 Å². The molecule has 5 rings (SSSR count). The number of aromatic amines is 2. The number of nitrogens with one attached hydrogen (secondary N) is 3. The van der Waals surface area contributed by atoms with E-state index < -0.39 is 0 Å². The standard InChI is InChI=1S/C15H12N6O2.C3H6/c1-23-13-5-12-11(19-21-20-12)4-9(13)10-6-16-15-8(10)2-3-14(18-15)17-7-22;1-2-3-1/h2-7H,1H3,(H,19,20,21)(H2,16,17,18,22);1-3H2. The third-order valence-corrected chi connectivity index (χ3v) is 4.03. The number of amides is 1. The van der Waals surface area contributed by atoms with Gasteiger partial charge in [-0.15, -0.1) is 0 Å². The van der Waals surface area contributed by atoms with Crippen molar-refractivity contribution in [3.63, 3.8) is 0 Å². The first kappa shape index (κ1) is 16.1. The number of pyridine rings is 1. The number of hydrogen-bond acceptors (Lipinski definition) is 5. The number of hydrogen-bond donors (Lipinski definition) is 3. The lowest BCUT2D eigenvalue weighted by Gasteiger charge is -2.07. The molecule has 0 bridgehead atoms. The average molecular weight is 350 g/mol. The monoisotopic (exact) mass is 350 g/mol. The zero-order chi connectivity index (χ0) is 17.9. The summed E-state index contributed by atoms with van der Waals surface area (Å²) in [6.45, 7) is 0. The Kier molecular flexibility index (Phi) is 4.22. The van der Waals surface area contributed by atoms with Gasteiger partial charge in [0.25, 0.3) is 0 Å². The summed E-state index contributed by atoms with van der Waals surface area (Å²) in [6.07, 6.45) is 6.95. The van der Waals surface area contributed by atoms with Crippen molar-refractivity contribution in [1.82, 2.24) is 25.4 Å². The zero-order valence-electron chi connectivity index (χ0n) is 14.2. The van der Waals surface area contributed by atoms with E-state index in [0.717, 1.165) is 27.5 Å². The molecule has 1 aliphatic carbocycles. The van der Waals surface area contributed by atoms with E-state index in [-0.39, 0.29) is 0 Å². The van der Waals surface area contributed by atoms with E-state index in [1.165, 1.54) is 19.3 Å². The Morgan fingerprint density at radius 2 is 1.88 bits per heavy atom. The van der Waals surface area contributed by atoms with Gasteiger partial charge in [0.15, 0.2) is 0 Å². The van der Waals surface area contributed by atoms with Crippen LogP contribution in [0, 0.1) is 0 Å². The van der Waals surface area contributed by atoms with Gasteiger partial charge in [0.05, 0.1) is 7.11 Å². The van der Waals surface area contributed by atoms with E-state index in [4.69, 9.17) is 4.74 Å². The number of rotatable bonds is 4. The highest BCUT2D eigenvalue weighted by Crippen LogP contribution is 2.37. The second kappa shape index (κ2) is 6.83. The Morgan fingerprint density at radius 3 is 2.58 bits per heavy atom. The molecule has 3 N–H and O–H groups in total. The molecule has 8 nitrogen and oxygen atoms in total. The molecule has 1 aromatic carbocycles. The summed E-state index contributed by atoms with van der Waals surface area (Å²) in [7, 11) is 1.62. The molecule has 1 aliphatic rings. The SMILES string of the molecule is C1CC1.COc1cc2n[nH]nc2cc1-c1c[nH]c2nc(NC=O)ccc12. The molecule has 0 aliphatic heterocycles. The molecule has 1 fully saturated rings. The van der Waals surface area contributed by atoms with Crippen molar-refractivity contribution >= 4 is 34.3 Å². The van der Waals surface area contributed by atoms with Crippen molar-refractivity contribution in [3.05, 3.63) is 30.5 Å². The zero-order valence-corrected chi connectivity index (χ0v) is 14.2. The first-order valence-corrected chi connectivity index (χ1v) is 8.37. The van der Waals surface area contributed by atoms with Crippen LogP contribution in [-0.2, 0) is 4.79 Å². The van der Waals surface area contributed by atoms with Gasteiger partial charge in [-0.25, -0.2) is 4.98 Å². The number of methoxy groups -OCH3 is 1. The molecule has 8 heteroatoms. The minimum Gasteiger partial charge on any atom is -0.496 e. The Labute approximate surface area is 149 Å². The smallest absolute Gasteiger partial charge is 0.212 e. The topological polar surface area (TPSA) is 109 Å². The normalized spacial score (nSPS) is 12.5. The summed E-state index contributed by atoms with van der Waals surface area (Å²) in [4.78, 5) is 18.0. The van der Waals surface area contributed by atoms with Crippen LogP contribution in [0.5, 0.6) is 5.75 Å². The van der Waals surface area contributed by atoms with Crippen molar-refractivity contribution < 1.29 is 9.53 Å². The maximum absolute atomic E-state index is 10.5. The van der Waals surface area contributed by atoms with Crippen LogP contribution >= 0.6 is 0 Å². The van der Waals surface area contributed by atoms with Crippen LogP contribution < -0.4 is 10.1 Å². The van der Waals surface area contributed by atoms with E-state index in [9.17, 15) is 4.79 Å². The third kappa shape index (κ3) is 3.08. The van der Waals surface area contributed by atoms with Crippen molar-refractivity contribution in [1.29, 1.82) is 0 Å². The molecule has 0 atom stereocenters. The molecule has 0 saturated heterocycles. The van der Waals surface area contributed by atoms with Crippen molar-refractivity contribution in [2.75, 3.05) is 12.4 Å². The highest BCUT2D eigenvalue weighted by Gasteiger charge is 2.15. The Bertz CT molecular complexity index is 1060. The summed E-state index contributed by atoms with van der Waals surface area (Å²) in [5.41, 5.74) is 3.99. The minimum atomic E-state index is 0.486. The first-order valence-electron chi connectivity index (χ1n) is 8.37. The molecule has 26 heavy (non-hydrogen) atoms. The lowest BCUT2D eigenvalue weighted by molar-refractivity contribution is -0.105. The first-order chi connectivity index (χ1) is 12.8. The van der Waals surface area contributed by atoms with Crippen LogP contribution in [0.25, 0.3) is 33.2 Å². The number of anilines is 1. The lowest BCUT2D eigenvalue weighted by Crippen LogP contribution is -1.96. The van der Waals surface area contributed by atoms with Gasteiger partial charge in [0.2, 0.25) is 6.41 Å². The quantitative estimate of drug-likeness (QED) is 0.490. The van der Waals surface area contributed by atoms with E-state index in [0.29, 0.717) is 23.6 Å². The maximum atomic E-state index is 10.5. The molecule has 0 spiro atoms.